The zero-order chi connectivity index (χ0) is 32.5. The lowest BCUT2D eigenvalue weighted by atomic mass is 9.83. The minimum atomic E-state index is -1.16. The Morgan fingerprint density at radius 1 is 0.674 bits per heavy atom. The summed E-state index contributed by atoms with van der Waals surface area (Å²) in [5.74, 6) is 1.18. The second kappa shape index (κ2) is 13.6. The first-order chi connectivity index (χ1) is 22.1. The summed E-state index contributed by atoms with van der Waals surface area (Å²) in [6, 6.07) is 19.3. The molecule has 4 amide bonds. The lowest BCUT2D eigenvalue weighted by molar-refractivity contribution is -0.154. The standard InChI is InChI=1S/C36H40N2O5S3/c1-35(25-11-5-3-6-12-25,37-31(39)23-29-27(33(37)41)15-19-44-29)17-9-21-46(43)22-10-18-36(2,26-13-7-4-8-14-26)38-32(40)24-30-28(34(38)42)16-20-45-30/h3-8,11-14,23-24,27-28H,9-10,15-22H2,1-2H3. The van der Waals surface area contributed by atoms with Crippen LogP contribution in [0.3, 0.4) is 0 Å². The molecule has 0 bridgehead atoms. The van der Waals surface area contributed by atoms with E-state index in [1.807, 2.05) is 74.5 Å². The molecule has 2 saturated heterocycles. The second-order valence-electron chi connectivity index (χ2n) is 12.8. The van der Waals surface area contributed by atoms with Crippen molar-refractivity contribution in [1.82, 2.24) is 9.80 Å². The molecule has 0 N–H and O–H groups in total. The van der Waals surface area contributed by atoms with Gasteiger partial charge in [0.1, 0.15) is 0 Å². The Kier molecular flexibility index (Phi) is 9.78. The summed E-state index contributed by atoms with van der Waals surface area (Å²) in [4.78, 5) is 58.7. The normalized spacial score (nSPS) is 24.6. The Balaban J connectivity index is 1.13. The molecule has 4 atom stereocenters. The van der Waals surface area contributed by atoms with Crippen molar-refractivity contribution < 1.29 is 23.4 Å². The Labute approximate surface area is 282 Å². The van der Waals surface area contributed by atoms with Gasteiger partial charge >= 0.3 is 0 Å². The summed E-state index contributed by atoms with van der Waals surface area (Å²) in [6.07, 6.45) is 6.86. The highest BCUT2D eigenvalue weighted by molar-refractivity contribution is 8.03. The highest BCUT2D eigenvalue weighted by Crippen LogP contribution is 2.46. The van der Waals surface area contributed by atoms with Gasteiger partial charge in [-0.3, -0.25) is 33.2 Å². The number of hydrogen-bond donors (Lipinski definition) is 0. The van der Waals surface area contributed by atoms with Crippen molar-refractivity contribution >= 4 is 58.0 Å². The largest absolute Gasteiger partial charge is 0.274 e. The quantitative estimate of drug-likeness (QED) is 0.250. The Hall–Kier alpha value is -2.95. The molecule has 2 fully saturated rings. The highest BCUT2D eigenvalue weighted by Gasteiger charge is 2.49. The van der Waals surface area contributed by atoms with E-state index in [2.05, 4.69) is 0 Å². The van der Waals surface area contributed by atoms with E-state index in [9.17, 15) is 23.4 Å². The van der Waals surface area contributed by atoms with Gasteiger partial charge in [0.05, 0.1) is 22.9 Å². The predicted molar refractivity (Wildman–Crippen MR) is 185 cm³/mol. The predicted octanol–water partition coefficient (Wildman–Crippen LogP) is 6.14. The van der Waals surface area contributed by atoms with Gasteiger partial charge in [0.15, 0.2) is 0 Å². The molecule has 4 aliphatic rings. The summed E-state index contributed by atoms with van der Waals surface area (Å²) < 4.78 is 13.4. The first kappa shape index (κ1) is 33.0. The van der Waals surface area contributed by atoms with Crippen molar-refractivity contribution in [2.45, 2.75) is 63.5 Å². The zero-order valence-corrected chi connectivity index (χ0v) is 28.8. The molecule has 10 heteroatoms. The fraction of sp³-hybridized carbons (Fsp3) is 0.444. The Morgan fingerprint density at radius 2 is 1.07 bits per heavy atom. The fourth-order valence-electron chi connectivity index (χ4n) is 7.35. The van der Waals surface area contributed by atoms with Crippen molar-refractivity contribution in [3.8, 4) is 0 Å². The van der Waals surface area contributed by atoms with Crippen LogP contribution in [-0.4, -0.2) is 60.6 Å². The van der Waals surface area contributed by atoms with E-state index in [1.54, 1.807) is 35.7 Å². The van der Waals surface area contributed by atoms with Gasteiger partial charge in [0, 0.05) is 44.3 Å². The molecule has 0 radical (unpaired) electrons. The molecule has 4 heterocycles. The zero-order valence-electron chi connectivity index (χ0n) is 26.3. The third-order valence-electron chi connectivity index (χ3n) is 9.90. The molecule has 0 saturated carbocycles. The van der Waals surface area contributed by atoms with Crippen LogP contribution in [0.2, 0.25) is 0 Å². The van der Waals surface area contributed by atoms with Crippen molar-refractivity contribution in [2.75, 3.05) is 23.0 Å². The SMILES string of the molecule is CC(CCCS(=O)CCCC(C)(c1ccccc1)N1C(=O)C=C2SCCC2C1=O)(c1ccccc1)N1C(=O)C=C2SCCC2C1=O. The first-order valence-electron chi connectivity index (χ1n) is 16.0. The molecule has 242 valence electrons. The van der Waals surface area contributed by atoms with Crippen LogP contribution in [0, 0.1) is 11.8 Å². The van der Waals surface area contributed by atoms with Gasteiger partial charge < -0.3 is 0 Å². The van der Waals surface area contributed by atoms with E-state index in [-0.39, 0.29) is 35.5 Å². The molecule has 7 nitrogen and oxygen atoms in total. The number of carbonyl (C=O) groups excluding carboxylic acids is 4. The van der Waals surface area contributed by atoms with Crippen LogP contribution in [0.5, 0.6) is 0 Å². The number of benzene rings is 2. The van der Waals surface area contributed by atoms with Gasteiger partial charge in [-0.25, -0.2) is 0 Å². The average molecular weight is 677 g/mol. The van der Waals surface area contributed by atoms with E-state index < -0.39 is 21.9 Å². The van der Waals surface area contributed by atoms with Crippen molar-refractivity contribution in [2.24, 2.45) is 11.8 Å². The first-order valence-corrected chi connectivity index (χ1v) is 19.5. The Bertz CT molecular complexity index is 1490. The summed E-state index contributed by atoms with van der Waals surface area (Å²) in [5, 5.41) is 0. The Morgan fingerprint density at radius 3 is 1.46 bits per heavy atom. The van der Waals surface area contributed by atoms with E-state index in [4.69, 9.17) is 0 Å². The van der Waals surface area contributed by atoms with Crippen LogP contribution >= 0.6 is 23.5 Å². The number of amides is 4. The van der Waals surface area contributed by atoms with Crippen molar-refractivity contribution in [3.63, 3.8) is 0 Å². The molecule has 2 aromatic rings. The molecule has 46 heavy (non-hydrogen) atoms. The van der Waals surface area contributed by atoms with Crippen LogP contribution in [-0.2, 0) is 41.1 Å². The van der Waals surface area contributed by atoms with Crippen LogP contribution in [0.15, 0.2) is 82.6 Å². The second-order valence-corrected chi connectivity index (χ2v) is 16.9. The number of hydrogen-bond acceptors (Lipinski definition) is 7. The number of imide groups is 2. The van der Waals surface area contributed by atoms with Crippen LogP contribution in [0.25, 0.3) is 0 Å². The van der Waals surface area contributed by atoms with Gasteiger partial charge in [-0.05, 0) is 75.0 Å². The summed E-state index contributed by atoms with van der Waals surface area (Å²) in [5.41, 5.74) is 0.0520. The molecule has 4 aliphatic heterocycles. The van der Waals surface area contributed by atoms with Crippen molar-refractivity contribution in [1.29, 1.82) is 0 Å². The minimum Gasteiger partial charge on any atom is -0.274 e. The third kappa shape index (κ3) is 6.20. The van der Waals surface area contributed by atoms with Gasteiger partial charge in [0.25, 0.3) is 11.8 Å². The molecule has 0 aromatic heterocycles. The number of thioether (sulfide) groups is 2. The molecule has 6 rings (SSSR count). The monoisotopic (exact) mass is 676 g/mol. The van der Waals surface area contributed by atoms with Crippen LogP contribution in [0.4, 0.5) is 0 Å². The molecule has 4 unspecified atom stereocenters. The minimum absolute atomic E-state index is 0.139. The van der Waals surface area contributed by atoms with Crippen LogP contribution in [0.1, 0.15) is 63.5 Å². The molecule has 0 aliphatic carbocycles. The highest BCUT2D eigenvalue weighted by atomic mass is 32.2. The number of carbonyl (C=O) groups is 4. The maximum absolute atomic E-state index is 13.7. The summed E-state index contributed by atoms with van der Waals surface area (Å²) in [6.45, 7) is 3.89. The topological polar surface area (TPSA) is 91.8 Å². The lowest BCUT2D eigenvalue weighted by Crippen LogP contribution is -2.54. The number of fused-ring (bicyclic) bond motifs is 2. The van der Waals surface area contributed by atoms with Gasteiger partial charge in [0.2, 0.25) is 11.8 Å². The maximum atomic E-state index is 13.7. The molecular weight excluding hydrogens is 637 g/mol. The number of rotatable bonds is 12. The van der Waals surface area contributed by atoms with Gasteiger partial charge in [-0.2, -0.15) is 0 Å². The average Bonchev–Trinajstić information content (AvgIpc) is 3.72. The molecule has 2 aromatic carbocycles. The lowest BCUT2D eigenvalue weighted by Gasteiger charge is -2.43. The van der Waals surface area contributed by atoms with Gasteiger partial charge in [-0.1, -0.05) is 60.7 Å². The van der Waals surface area contributed by atoms with Crippen molar-refractivity contribution in [3.05, 3.63) is 93.8 Å². The summed E-state index contributed by atoms with van der Waals surface area (Å²) in [7, 11) is -1.16. The fourth-order valence-corrected chi connectivity index (χ4v) is 10.9. The van der Waals surface area contributed by atoms with E-state index in [0.29, 0.717) is 37.2 Å². The third-order valence-corrected chi connectivity index (χ3v) is 13.7. The summed E-state index contributed by atoms with van der Waals surface area (Å²) >= 11 is 3.19. The molecule has 0 spiro atoms. The van der Waals surface area contributed by atoms with Crippen LogP contribution < -0.4 is 0 Å². The smallest absolute Gasteiger partial charge is 0.254 e. The van der Waals surface area contributed by atoms with E-state index in [1.165, 1.54) is 9.80 Å². The maximum Gasteiger partial charge on any atom is 0.254 e. The molecular formula is C36H40N2O5S3. The van der Waals surface area contributed by atoms with Gasteiger partial charge in [-0.15, -0.1) is 23.5 Å². The van der Waals surface area contributed by atoms with E-state index >= 15 is 0 Å². The number of nitrogens with zero attached hydrogens (tertiary/aromatic N) is 2. The van der Waals surface area contributed by atoms with E-state index in [0.717, 1.165) is 45.3 Å².